The Morgan fingerprint density at radius 1 is 1.42 bits per heavy atom. The molecule has 0 saturated carbocycles. The normalized spacial score (nSPS) is 13.9. The summed E-state index contributed by atoms with van der Waals surface area (Å²) < 4.78 is 5.15. The van der Waals surface area contributed by atoms with Crippen LogP contribution in [-0.4, -0.2) is 18.6 Å². The number of methoxy groups -OCH3 is 1. The van der Waals surface area contributed by atoms with E-state index in [1.807, 2.05) is 24.3 Å². The number of ether oxygens (including phenoxy) is 1. The maximum Gasteiger partial charge on any atom is 0.118 e. The van der Waals surface area contributed by atoms with E-state index in [0.717, 1.165) is 29.3 Å². The molecule has 0 bridgehead atoms. The second kappa shape index (κ2) is 7.28. The van der Waals surface area contributed by atoms with Gasteiger partial charge in [0.1, 0.15) is 5.75 Å². The van der Waals surface area contributed by atoms with Crippen LogP contribution in [0.2, 0.25) is 5.02 Å². The van der Waals surface area contributed by atoms with E-state index in [4.69, 9.17) is 16.3 Å². The number of halogens is 1. The van der Waals surface area contributed by atoms with Crippen molar-refractivity contribution < 1.29 is 37.4 Å². The first-order valence-corrected chi connectivity index (χ1v) is 6.15. The van der Waals surface area contributed by atoms with Crippen LogP contribution in [0.3, 0.4) is 0 Å². The van der Waals surface area contributed by atoms with Crippen molar-refractivity contribution in [2.75, 3.05) is 13.7 Å². The van der Waals surface area contributed by atoms with Gasteiger partial charge < -0.3 is 9.64 Å². The van der Waals surface area contributed by atoms with Gasteiger partial charge in [-0.3, -0.25) is 0 Å². The van der Waals surface area contributed by atoms with E-state index in [1.54, 1.807) is 13.2 Å². The maximum absolute atomic E-state index is 6.29. The number of nitrogens with zero attached hydrogens (tertiary/aromatic N) is 1. The van der Waals surface area contributed by atoms with Gasteiger partial charge in [-0.25, -0.2) is 0 Å². The molecule has 1 aliphatic rings. The van der Waals surface area contributed by atoms with Crippen molar-refractivity contribution in [3.63, 3.8) is 0 Å². The van der Waals surface area contributed by atoms with E-state index < -0.39 is 0 Å². The van der Waals surface area contributed by atoms with Crippen LogP contribution >= 0.6 is 11.6 Å². The molecule has 0 saturated heterocycles. The predicted octanol–water partition coefficient (Wildman–Crippen LogP) is 3.90. The largest absolute Gasteiger partial charge is 0.497 e. The van der Waals surface area contributed by atoms with Gasteiger partial charge in [0.2, 0.25) is 0 Å². The molecule has 97 valence electrons. The van der Waals surface area contributed by atoms with Gasteiger partial charge in [-0.1, -0.05) is 29.4 Å². The van der Waals surface area contributed by atoms with E-state index in [2.05, 4.69) is 24.5 Å². The average Bonchev–Trinajstić information content (AvgIpc) is 2.38. The van der Waals surface area contributed by atoms with Crippen LogP contribution in [0.5, 0.6) is 5.75 Å². The fourth-order valence-electron chi connectivity index (χ4n) is 1.93. The van der Waals surface area contributed by atoms with Crippen molar-refractivity contribution in [2.45, 2.75) is 6.92 Å². The number of benzene rings is 1. The maximum atomic E-state index is 6.29. The molecular weight excluding hydrogens is 335 g/mol. The molecule has 1 aromatic carbocycles. The van der Waals surface area contributed by atoms with Crippen molar-refractivity contribution in [1.82, 2.24) is 4.90 Å². The molecule has 0 atom stereocenters. The zero-order valence-electron chi connectivity index (χ0n) is 11.1. The Kier molecular flexibility index (Phi) is 6.32. The zero-order valence-corrected chi connectivity index (χ0v) is 14.7. The summed E-state index contributed by atoms with van der Waals surface area (Å²) in [7, 11) is 1.63. The minimum atomic E-state index is 0. The summed E-state index contributed by atoms with van der Waals surface area (Å²) in [4.78, 5) is 2.08. The van der Waals surface area contributed by atoms with Crippen molar-refractivity contribution in [2.24, 2.45) is 0 Å². The summed E-state index contributed by atoms with van der Waals surface area (Å²) in [6, 6.07) is 5.64. The SMILES string of the molecule is C=C1C=C[C-]=C(c2ccc(OC)cc2Cl)N1CC.[Y]. The minimum absolute atomic E-state index is 0. The number of allylic oxidation sites excluding steroid dienone is 3. The third-order valence-corrected chi connectivity index (χ3v) is 3.17. The molecule has 0 aromatic heterocycles. The molecule has 0 N–H and O–H groups in total. The molecule has 0 unspecified atom stereocenters. The molecule has 4 heteroatoms. The van der Waals surface area contributed by atoms with Crippen LogP contribution < -0.4 is 4.74 Å². The third kappa shape index (κ3) is 3.50. The Morgan fingerprint density at radius 2 is 2.16 bits per heavy atom. The van der Waals surface area contributed by atoms with Crippen molar-refractivity contribution in [1.29, 1.82) is 0 Å². The zero-order chi connectivity index (χ0) is 13.1. The first-order chi connectivity index (χ1) is 8.67. The van der Waals surface area contributed by atoms with Crippen LogP contribution in [-0.2, 0) is 32.7 Å². The quantitative estimate of drug-likeness (QED) is 0.768. The second-order valence-corrected chi connectivity index (χ2v) is 4.31. The molecule has 0 aliphatic carbocycles. The van der Waals surface area contributed by atoms with Crippen LogP contribution in [0.25, 0.3) is 5.70 Å². The summed E-state index contributed by atoms with van der Waals surface area (Å²) in [5, 5.41) is 0.651. The van der Waals surface area contributed by atoms with E-state index in [1.165, 1.54) is 0 Å². The number of hydrogen-bond donors (Lipinski definition) is 0. The average molecular weight is 350 g/mol. The number of rotatable bonds is 3. The third-order valence-electron chi connectivity index (χ3n) is 2.86. The Morgan fingerprint density at radius 3 is 2.74 bits per heavy atom. The second-order valence-electron chi connectivity index (χ2n) is 3.91. The summed E-state index contributed by atoms with van der Waals surface area (Å²) in [6.07, 6.45) is 7.02. The fraction of sp³-hybridized carbons (Fsp3) is 0.200. The first kappa shape index (κ1) is 16.5. The molecule has 0 fully saturated rings. The minimum Gasteiger partial charge on any atom is -0.497 e. The summed E-state index contributed by atoms with van der Waals surface area (Å²) in [5.41, 5.74) is 2.82. The molecule has 0 spiro atoms. The topological polar surface area (TPSA) is 12.5 Å². The van der Waals surface area contributed by atoms with Gasteiger partial charge in [0.15, 0.2) is 0 Å². The monoisotopic (exact) mass is 349 g/mol. The molecule has 1 heterocycles. The van der Waals surface area contributed by atoms with Crippen LogP contribution in [0.15, 0.2) is 42.6 Å². The van der Waals surface area contributed by atoms with Gasteiger partial charge in [0, 0.05) is 39.3 Å². The van der Waals surface area contributed by atoms with Gasteiger partial charge in [-0.05, 0) is 29.8 Å². The van der Waals surface area contributed by atoms with Gasteiger partial charge in [0.25, 0.3) is 0 Å². The summed E-state index contributed by atoms with van der Waals surface area (Å²) >= 11 is 6.29. The van der Waals surface area contributed by atoms with Gasteiger partial charge in [-0.15, -0.1) is 12.1 Å². The Labute approximate surface area is 144 Å². The van der Waals surface area contributed by atoms with Gasteiger partial charge >= 0.3 is 0 Å². The van der Waals surface area contributed by atoms with Crippen molar-refractivity contribution in [3.8, 4) is 5.75 Å². The molecule has 1 aliphatic heterocycles. The fourth-order valence-corrected chi connectivity index (χ4v) is 2.19. The van der Waals surface area contributed by atoms with Crippen molar-refractivity contribution in [3.05, 3.63) is 59.3 Å². The molecule has 0 amide bonds. The Hall–Kier alpha value is -0.566. The van der Waals surface area contributed by atoms with E-state index in [9.17, 15) is 0 Å². The predicted molar refractivity (Wildman–Crippen MR) is 75.3 cm³/mol. The number of hydrogen-bond acceptors (Lipinski definition) is 2. The molecule has 2 nitrogen and oxygen atoms in total. The first-order valence-electron chi connectivity index (χ1n) is 5.77. The molecule has 19 heavy (non-hydrogen) atoms. The summed E-state index contributed by atoms with van der Waals surface area (Å²) in [5.74, 6) is 0.748. The standard InChI is InChI=1S/C15H15ClNO.Y/c1-4-17-11(2)6-5-7-15(17)13-9-8-12(18-3)10-14(13)16;/h5-6,8-10H,2,4H2,1,3H3;/q-1;. The van der Waals surface area contributed by atoms with Crippen LogP contribution in [0.4, 0.5) is 0 Å². The summed E-state index contributed by atoms with van der Waals surface area (Å²) in [6.45, 7) is 6.92. The van der Waals surface area contributed by atoms with Crippen molar-refractivity contribution >= 4 is 17.3 Å². The van der Waals surface area contributed by atoms with Crippen LogP contribution in [0, 0.1) is 6.08 Å². The Balaban J connectivity index is 0.00000180. The number of likely N-dealkylation sites (N-methyl/N-ethyl adjacent to an activating group) is 1. The Bertz CT molecular complexity index is 537. The smallest absolute Gasteiger partial charge is 0.118 e. The van der Waals surface area contributed by atoms with Crippen LogP contribution in [0.1, 0.15) is 12.5 Å². The van der Waals surface area contributed by atoms with E-state index in [0.29, 0.717) is 5.02 Å². The van der Waals surface area contributed by atoms with E-state index in [-0.39, 0.29) is 32.7 Å². The van der Waals surface area contributed by atoms with E-state index >= 15 is 0 Å². The van der Waals surface area contributed by atoms with Gasteiger partial charge in [-0.2, -0.15) is 12.2 Å². The molecular formula is C15H15ClNOY-. The molecule has 1 radical (unpaired) electrons. The molecule has 2 rings (SSSR count). The molecule has 1 aromatic rings. The van der Waals surface area contributed by atoms with Gasteiger partial charge in [0.05, 0.1) is 7.11 Å².